The zero-order chi connectivity index (χ0) is 13.0. The first-order valence-electron chi connectivity index (χ1n) is 6.65. The van der Waals surface area contributed by atoms with E-state index in [4.69, 9.17) is 5.11 Å². The first-order chi connectivity index (χ1) is 8.74. The van der Waals surface area contributed by atoms with Crippen LogP contribution >= 0.6 is 15.9 Å². The molecule has 1 aromatic heterocycles. The second-order valence-electron chi connectivity index (χ2n) is 4.67. The van der Waals surface area contributed by atoms with Gasteiger partial charge in [0.05, 0.1) is 0 Å². The molecule has 1 saturated carbocycles. The van der Waals surface area contributed by atoms with Gasteiger partial charge in [-0.05, 0) is 41.6 Å². The van der Waals surface area contributed by atoms with E-state index >= 15 is 0 Å². The molecule has 1 fully saturated rings. The van der Waals surface area contributed by atoms with E-state index in [2.05, 4.69) is 37.7 Å². The van der Waals surface area contributed by atoms with Crippen LogP contribution in [0.4, 0.5) is 5.82 Å². The topological polar surface area (TPSA) is 49.2 Å². The lowest BCUT2D eigenvalue weighted by Crippen LogP contribution is -2.41. The summed E-state index contributed by atoms with van der Waals surface area (Å²) in [6.45, 7) is 3.16. The average Bonchev–Trinajstić information content (AvgIpc) is 2.31. The molecule has 0 bridgehead atoms. The number of nitrogens with zero attached hydrogens (tertiary/aromatic N) is 3. The number of anilines is 1. The summed E-state index contributed by atoms with van der Waals surface area (Å²) in [5, 5.41) is 9.02. The molecular weight excluding hydrogens is 294 g/mol. The highest BCUT2D eigenvalue weighted by Gasteiger charge is 2.26. The summed E-state index contributed by atoms with van der Waals surface area (Å²) in [5.74, 6) is 1.86. The predicted octanol–water partition coefficient (Wildman–Crippen LogP) is 2.54. The Morgan fingerprint density at radius 3 is 2.78 bits per heavy atom. The van der Waals surface area contributed by atoms with E-state index in [1.54, 1.807) is 0 Å². The molecule has 1 heterocycles. The van der Waals surface area contributed by atoms with Crippen LogP contribution in [0.15, 0.2) is 10.7 Å². The van der Waals surface area contributed by atoms with Crippen LogP contribution in [-0.2, 0) is 6.42 Å². The molecule has 0 unspecified atom stereocenters. The molecule has 1 aliphatic rings. The van der Waals surface area contributed by atoms with Gasteiger partial charge in [0.2, 0.25) is 0 Å². The molecule has 0 aromatic carbocycles. The molecule has 1 aliphatic carbocycles. The molecule has 0 amide bonds. The second kappa shape index (κ2) is 6.48. The predicted molar refractivity (Wildman–Crippen MR) is 75.8 cm³/mol. The van der Waals surface area contributed by atoms with Crippen molar-refractivity contribution in [3.8, 4) is 0 Å². The van der Waals surface area contributed by atoms with Crippen LogP contribution in [0.2, 0.25) is 0 Å². The van der Waals surface area contributed by atoms with Gasteiger partial charge >= 0.3 is 0 Å². The minimum absolute atomic E-state index is 0.232. The maximum Gasteiger partial charge on any atom is 0.133 e. The lowest BCUT2D eigenvalue weighted by Gasteiger charge is -2.38. The summed E-state index contributed by atoms with van der Waals surface area (Å²) in [5.41, 5.74) is 0. The van der Waals surface area contributed by atoms with Crippen molar-refractivity contribution in [2.24, 2.45) is 0 Å². The molecule has 100 valence electrons. The third-order valence-electron chi connectivity index (χ3n) is 3.41. The smallest absolute Gasteiger partial charge is 0.133 e. The SMILES string of the molecule is CCc1nc(Br)cc(N(CCCO)C2CCC2)n1. The fourth-order valence-corrected chi connectivity index (χ4v) is 2.59. The maximum absolute atomic E-state index is 9.02. The fraction of sp³-hybridized carbons (Fsp3) is 0.692. The third-order valence-corrected chi connectivity index (χ3v) is 3.82. The number of halogens is 1. The molecule has 0 atom stereocenters. The van der Waals surface area contributed by atoms with E-state index in [0.29, 0.717) is 6.04 Å². The van der Waals surface area contributed by atoms with Gasteiger partial charge in [0.1, 0.15) is 16.2 Å². The van der Waals surface area contributed by atoms with Gasteiger partial charge in [-0.1, -0.05) is 6.92 Å². The average molecular weight is 314 g/mol. The first kappa shape index (κ1) is 13.7. The van der Waals surface area contributed by atoms with Crippen molar-refractivity contribution in [2.75, 3.05) is 18.1 Å². The number of hydrogen-bond acceptors (Lipinski definition) is 4. The largest absolute Gasteiger partial charge is 0.396 e. The molecule has 1 aromatic rings. The first-order valence-corrected chi connectivity index (χ1v) is 7.45. The molecule has 18 heavy (non-hydrogen) atoms. The van der Waals surface area contributed by atoms with Gasteiger partial charge in [-0.2, -0.15) is 0 Å². The summed E-state index contributed by atoms with van der Waals surface area (Å²) in [6, 6.07) is 2.57. The quantitative estimate of drug-likeness (QED) is 0.820. The van der Waals surface area contributed by atoms with Crippen LogP contribution in [0, 0.1) is 0 Å². The molecule has 0 aliphatic heterocycles. The Morgan fingerprint density at radius 1 is 1.44 bits per heavy atom. The minimum atomic E-state index is 0.232. The molecule has 5 heteroatoms. The number of hydrogen-bond donors (Lipinski definition) is 1. The highest BCUT2D eigenvalue weighted by Crippen LogP contribution is 2.29. The van der Waals surface area contributed by atoms with Crippen LogP contribution in [0.25, 0.3) is 0 Å². The van der Waals surface area contributed by atoms with Gasteiger partial charge in [0.15, 0.2) is 0 Å². The highest BCUT2D eigenvalue weighted by molar-refractivity contribution is 9.10. The molecule has 4 nitrogen and oxygen atoms in total. The lowest BCUT2D eigenvalue weighted by molar-refractivity contribution is 0.282. The zero-order valence-corrected chi connectivity index (χ0v) is 12.4. The fourth-order valence-electron chi connectivity index (χ4n) is 2.18. The molecule has 0 spiro atoms. The Bertz CT molecular complexity index is 396. The summed E-state index contributed by atoms with van der Waals surface area (Å²) in [7, 11) is 0. The number of aryl methyl sites for hydroxylation is 1. The molecular formula is C13H20BrN3O. The van der Waals surface area contributed by atoms with E-state index in [1.165, 1.54) is 19.3 Å². The minimum Gasteiger partial charge on any atom is -0.396 e. The van der Waals surface area contributed by atoms with E-state index in [-0.39, 0.29) is 6.61 Å². The Kier molecular flexibility index (Phi) is 4.95. The third kappa shape index (κ3) is 3.20. The second-order valence-corrected chi connectivity index (χ2v) is 5.49. The standard InChI is InChI=1S/C13H20BrN3O/c1-2-12-15-11(14)9-13(16-12)17(7-4-8-18)10-5-3-6-10/h9-10,18H,2-8H2,1H3. The van der Waals surface area contributed by atoms with Gasteiger partial charge in [-0.15, -0.1) is 0 Å². The Morgan fingerprint density at radius 2 is 2.22 bits per heavy atom. The summed E-state index contributed by atoms with van der Waals surface area (Å²) in [6.07, 6.45) is 5.39. The van der Waals surface area contributed by atoms with Gasteiger partial charge in [-0.25, -0.2) is 9.97 Å². The van der Waals surface area contributed by atoms with Crippen molar-refractivity contribution in [1.29, 1.82) is 0 Å². The van der Waals surface area contributed by atoms with E-state index in [9.17, 15) is 0 Å². The molecule has 1 N–H and O–H groups in total. The van der Waals surface area contributed by atoms with Gasteiger partial charge in [0.25, 0.3) is 0 Å². The van der Waals surface area contributed by atoms with Crippen LogP contribution < -0.4 is 4.90 Å². The Balaban J connectivity index is 2.19. The van der Waals surface area contributed by atoms with Crippen molar-refractivity contribution in [3.05, 3.63) is 16.5 Å². The summed E-state index contributed by atoms with van der Waals surface area (Å²) >= 11 is 3.45. The lowest BCUT2D eigenvalue weighted by atomic mass is 9.91. The Hall–Kier alpha value is -0.680. The van der Waals surface area contributed by atoms with Crippen molar-refractivity contribution >= 4 is 21.7 Å². The van der Waals surface area contributed by atoms with Crippen molar-refractivity contribution in [1.82, 2.24) is 9.97 Å². The monoisotopic (exact) mass is 313 g/mol. The van der Waals surface area contributed by atoms with E-state index in [0.717, 1.165) is 35.6 Å². The molecule has 0 radical (unpaired) electrons. The molecule has 0 saturated heterocycles. The van der Waals surface area contributed by atoms with Gasteiger partial charge < -0.3 is 10.0 Å². The zero-order valence-electron chi connectivity index (χ0n) is 10.8. The highest BCUT2D eigenvalue weighted by atomic mass is 79.9. The maximum atomic E-state index is 9.02. The van der Waals surface area contributed by atoms with Crippen LogP contribution in [0.3, 0.4) is 0 Å². The number of aromatic nitrogens is 2. The summed E-state index contributed by atoms with van der Waals surface area (Å²) < 4.78 is 0.845. The van der Waals surface area contributed by atoms with Crippen LogP contribution in [0.5, 0.6) is 0 Å². The van der Waals surface area contributed by atoms with Crippen LogP contribution in [-0.4, -0.2) is 34.3 Å². The normalized spacial score (nSPS) is 15.5. The van der Waals surface area contributed by atoms with Gasteiger partial charge in [0, 0.05) is 31.7 Å². The number of aliphatic hydroxyl groups excluding tert-OH is 1. The number of rotatable bonds is 6. The van der Waals surface area contributed by atoms with Crippen molar-refractivity contribution < 1.29 is 5.11 Å². The van der Waals surface area contributed by atoms with E-state index in [1.807, 2.05) is 6.07 Å². The van der Waals surface area contributed by atoms with Gasteiger partial charge in [-0.3, -0.25) is 0 Å². The number of aliphatic hydroxyl groups is 1. The molecule has 2 rings (SSSR count). The van der Waals surface area contributed by atoms with E-state index < -0.39 is 0 Å². The summed E-state index contributed by atoms with van der Waals surface area (Å²) in [4.78, 5) is 11.3. The van der Waals surface area contributed by atoms with Crippen molar-refractivity contribution in [3.63, 3.8) is 0 Å². The van der Waals surface area contributed by atoms with Crippen LogP contribution in [0.1, 0.15) is 38.4 Å². The Labute approximate surface area is 117 Å². The van der Waals surface area contributed by atoms with Crippen molar-refractivity contribution in [2.45, 2.75) is 45.1 Å².